The van der Waals surface area contributed by atoms with Crippen LogP contribution in [0.4, 0.5) is 0 Å². The van der Waals surface area contributed by atoms with Gasteiger partial charge in [-0.2, -0.15) is 8.42 Å². The Morgan fingerprint density at radius 2 is 1.88 bits per heavy atom. The van der Waals surface area contributed by atoms with E-state index in [9.17, 15) is 22.9 Å². The zero-order valence-electron chi connectivity index (χ0n) is 18.6. The zero-order valence-corrected chi connectivity index (χ0v) is 21.0. The van der Waals surface area contributed by atoms with Crippen LogP contribution in [0.3, 0.4) is 0 Å². The van der Waals surface area contributed by atoms with Crippen LogP contribution in [0, 0.1) is 0 Å². The number of fused-ring (bicyclic) bond motifs is 1. The van der Waals surface area contributed by atoms with Gasteiger partial charge in [-0.25, -0.2) is 8.98 Å². The quantitative estimate of drug-likeness (QED) is 0.327. The van der Waals surface area contributed by atoms with E-state index in [4.69, 9.17) is 8.92 Å². The van der Waals surface area contributed by atoms with Crippen molar-refractivity contribution in [2.75, 3.05) is 20.7 Å². The lowest BCUT2D eigenvalue weighted by Gasteiger charge is -2.19. The molecule has 1 heterocycles. The van der Waals surface area contributed by atoms with Gasteiger partial charge in [-0.3, -0.25) is 4.55 Å². The van der Waals surface area contributed by atoms with Crippen molar-refractivity contribution in [2.45, 2.75) is 19.6 Å². The molecule has 3 aromatic rings. The molecule has 2 aromatic carbocycles. The van der Waals surface area contributed by atoms with E-state index in [0.717, 1.165) is 0 Å². The number of carbonyl (C=O) groups excluding carboxylic acids is 1. The Balaban J connectivity index is 2.49. The van der Waals surface area contributed by atoms with Crippen molar-refractivity contribution in [1.82, 2.24) is 9.47 Å². The first-order valence-electron chi connectivity index (χ1n) is 10.0. The molecule has 0 saturated heterocycles. The van der Waals surface area contributed by atoms with Crippen molar-refractivity contribution in [2.24, 2.45) is 7.05 Å². The van der Waals surface area contributed by atoms with Crippen molar-refractivity contribution in [3.05, 3.63) is 63.3 Å². The smallest absolute Gasteiger partial charge is 0.398 e. The maximum Gasteiger partial charge on any atom is 0.398 e. The molecule has 0 amide bonds. The molecule has 178 valence electrons. The van der Waals surface area contributed by atoms with Gasteiger partial charge in [0.05, 0.1) is 27.9 Å². The summed E-state index contributed by atoms with van der Waals surface area (Å²) < 4.78 is 45.5. The van der Waals surface area contributed by atoms with Crippen LogP contribution < -0.4 is 0 Å². The first-order valence-corrected chi connectivity index (χ1v) is 12.2. The molecule has 0 bridgehead atoms. The standard InChI is InChI=1S/C22H25BrN2O7S/c1-5-31-22(27)18-17-14(12-24(2)3)20(26)15(23)11-16(17)25(4)19(18)21(32-33(28,29)30)13-9-7-6-8-10-13/h6-11,21,26H,5,12H2,1-4H3,(H,28,29,30). The van der Waals surface area contributed by atoms with Gasteiger partial charge < -0.3 is 19.3 Å². The summed E-state index contributed by atoms with van der Waals surface area (Å²) in [5, 5.41) is 11.2. The van der Waals surface area contributed by atoms with E-state index in [-0.39, 0.29) is 30.2 Å². The molecule has 0 radical (unpaired) electrons. The summed E-state index contributed by atoms with van der Waals surface area (Å²) in [7, 11) is 0.367. The molecule has 11 heteroatoms. The molecule has 2 N–H and O–H groups in total. The number of rotatable bonds is 8. The fourth-order valence-corrected chi connectivity index (χ4v) is 4.74. The first kappa shape index (κ1) is 25.2. The lowest BCUT2D eigenvalue weighted by atomic mass is 9.99. The monoisotopic (exact) mass is 540 g/mol. The molecule has 0 aliphatic carbocycles. The number of hydrogen-bond donors (Lipinski definition) is 2. The summed E-state index contributed by atoms with van der Waals surface area (Å²) in [6, 6.07) is 9.98. The summed E-state index contributed by atoms with van der Waals surface area (Å²) in [6.45, 7) is 2.02. The Hall–Kier alpha value is -2.44. The second kappa shape index (κ2) is 9.82. The van der Waals surface area contributed by atoms with Crippen LogP contribution in [-0.4, -0.2) is 54.2 Å². The summed E-state index contributed by atoms with van der Waals surface area (Å²) >= 11 is 3.36. The van der Waals surface area contributed by atoms with E-state index >= 15 is 0 Å². The van der Waals surface area contributed by atoms with Crippen molar-refractivity contribution >= 4 is 43.2 Å². The lowest BCUT2D eigenvalue weighted by molar-refractivity contribution is 0.0523. The van der Waals surface area contributed by atoms with Gasteiger partial charge in [0.25, 0.3) is 0 Å². The van der Waals surface area contributed by atoms with Gasteiger partial charge in [-0.1, -0.05) is 30.3 Å². The number of phenols is 1. The van der Waals surface area contributed by atoms with E-state index < -0.39 is 22.5 Å². The van der Waals surface area contributed by atoms with Gasteiger partial charge in [0, 0.05) is 24.5 Å². The van der Waals surface area contributed by atoms with Crippen LogP contribution in [0.1, 0.15) is 40.2 Å². The van der Waals surface area contributed by atoms with Gasteiger partial charge in [0.2, 0.25) is 0 Å². The average molecular weight is 541 g/mol. The van der Waals surface area contributed by atoms with Crippen LogP contribution in [0.2, 0.25) is 0 Å². The van der Waals surface area contributed by atoms with Crippen LogP contribution in [0.25, 0.3) is 10.9 Å². The molecule has 3 rings (SSSR count). The second-order valence-corrected chi connectivity index (χ2v) is 9.57. The molecule has 0 aliphatic heterocycles. The number of hydrogen-bond acceptors (Lipinski definition) is 7. The van der Waals surface area contributed by atoms with Crippen LogP contribution >= 0.6 is 15.9 Å². The minimum atomic E-state index is -4.91. The number of phenolic OH excluding ortho intramolecular Hbond substituents is 1. The van der Waals surface area contributed by atoms with E-state index in [2.05, 4.69) is 15.9 Å². The van der Waals surface area contributed by atoms with Crippen LogP contribution in [0.5, 0.6) is 5.75 Å². The molecule has 1 unspecified atom stereocenters. The highest BCUT2D eigenvalue weighted by Gasteiger charge is 2.34. The van der Waals surface area contributed by atoms with Crippen molar-refractivity contribution < 1.29 is 31.8 Å². The Morgan fingerprint density at radius 1 is 1.24 bits per heavy atom. The maximum atomic E-state index is 13.2. The third kappa shape index (κ3) is 5.22. The van der Waals surface area contributed by atoms with Gasteiger partial charge in [-0.05, 0) is 48.6 Å². The van der Waals surface area contributed by atoms with Gasteiger partial charge in [0.1, 0.15) is 11.9 Å². The lowest BCUT2D eigenvalue weighted by Crippen LogP contribution is -2.19. The topological polar surface area (TPSA) is 118 Å². The van der Waals surface area contributed by atoms with Gasteiger partial charge >= 0.3 is 16.4 Å². The van der Waals surface area contributed by atoms with Crippen molar-refractivity contribution in [1.29, 1.82) is 0 Å². The number of aromatic nitrogens is 1. The second-order valence-electron chi connectivity index (χ2n) is 7.67. The molecule has 0 saturated carbocycles. The molecule has 1 aromatic heterocycles. The predicted molar refractivity (Wildman–Crippen MR) is 127 cm³/mol. The summed E-state index contributed by atoms with van der Waals surface area (Å²) in [4.78, 5) is 15.0. The SMILES string of the molecule is CCOC(=O)c1c(C(OS(=O)(=O)O)c2ccccc2)n(C)c2cc(Br)c(O)c(CN(C)C)c12. The fourth-order valence-electron chi connectivity index (χ4n) is 3.84. The number of carbonyl (C=O) groups is 1. The highest BCUT2D eigenvalue weighted by atomic mass is 79.9. The number of esters is 1. The molecule has 0 spiro atoms. The minimum Gasteiger partial charge on any atom is -0.506 e. The molecular weight excluding hydrogens is 516 g/mol. The van der Waals surface area contributed by atoms with E-state index in [1.807, 2.05) is 19.0 Å². The Labute approximate surface area is 200 Å². The van der Waals surface area contributed by atoms with Gasteiger partial charge in [-0.15, -0.1) is 0 Å². The predicted octanol–water partition coefficient (Wildman–Crippen LogP) is 3.79. The van der Waals surface area contributed by atoms with E-state index in [1.165, 1.54) is 0 Å². The molecule has 0 aliphatic rings. The Morgan fingerprint density at radius 3 is 2.42 bits per heavy atom. The third-order valence-electron chi connectivity index (χ3n) is 5.08. The largest absolute Gasteiger partial charge is 0.506 e. The number of nitrogens with zero attached hydrogens (tertiary/aromatic N) is 2. The summed E-state index contributed by atoms with van der Waals surface area (Å²) in [5.41, 5.74) is 1.59. The Bertz CT molecular complexity index is 1290. The zero-order chi connectivity index (χ0) is 24.5. The van der Waals surface area contributed by atoms with Crippen LogP contribution in [0.15, 0.2) is 40.9 Å². The van der Waals surface area contributed by atoms with Crippen molar-refractivity contribution in [3.63, 3.8) is 0 Å². The number of benzene rings is 2. The Kier molecular flexibility index (Phi) is 7.49. The number of aromatic hydroxyl groups is 1. The van der Waals surface area contributed by atoms with Crippen LogP contribution in [-0.2, 0) is 32.9 Å². The molecule has 33 heavy (non-hydrogen) atoms. The molecule has 9 nitrogen and oxygen atoms in total. The van der Waals surface area contributed by atoms with Crippen molar-refractivity contribution in [3.8, 4) is 5.75 Å². The highest BCUT2D eigenvalue weighted by Crippen LogP contribution is 2.43. The number of aryl methyl sites for hydroxylation is 1. The normalized spacial score (nSPS) is 12.9. The van der Waals surface area contributed by atoms with E-state index in [1.54, 1.807) is 54.9 Å². The maximum absolute atomic E-state index is 13.2. The third-order valence-corrected chi connectivity index (χ3v) is 6.12. The summed E-state index contributed by atoms with van der Waals surface area (Å²) in [6.07, 6.45) is -1.36. The summed E-state index contributed by atoms with van der Waals surface area (Å²) in [5.74, 6) is -0.759. The average Bonchev–Trinajstić information content (AvgIpc) is 3.01. The minimum absolute atomic E-state index is 0.0477. The number of halogens is 1. The molecule has 1 atom stereocenters. The highest BCUT2D eigenvalue weighted by molar-refractivity contribution is 9.10. The van der Waals surface area contributed by atoms with Gasteiger partial charge in [0.15, 0.2) is 0 Å². The molecular formula is C22H25BrN2O7S. The first-order chi connectivity index (χ1) is 15.5. The van der Waals surface area contributed by atoms with E-state index in [0.29, 0.717) is 26.5 Å². The number of ether oxygens (including phenoxy) is 1. The fraction of sp³-hybridized carbons (Fsp3) is 0.318. The molecule has 0 fully saturated rings.